The highest BCUT2D eigenvalue weighted by Crippen LogP contribution is 2.38. The number of aromatic nitrogens is 1. The lowest BCUT2D eigenvalue weighted by Crippen LogP contribution is -2.42. The van der Waals surface area contributed by atoms with Crippen LogP contribution in [0.2, 0.25) is 0 Å². The molecule has 1 fully saturated rings. The molecule has 9 heteroatoms. The minimum absolute atomic E-state index is 0.0540. The standard InChI is InChI=1S/C19H21F3N2O4/c1-11-17(18(26)27-2)14(12-5-6-15(23-9-12)19(20,21)22)8-16(25)24(11)10-13-4-3-7-28-13/h5-6,9,13-14H,3-4,7-8,10H2,1-2H3/t13-,14+/m0/s1. The maximum Gasteiger partial charge on any atom is 0.433 e. The molecular weight excluding hydrogens is 377 g/mol. The van der Waals surface area contributed by atoms with Crippen molar-refractivity contribution in [2.24, 2.45) is 0 Å². The van der Waals surface area contributed by atoms with E-state index in [1.54, 1.807) is 6.92 Å². The van der Waals surface area contributed by atoms with Crippen molar-refractivity contribution in [2.75, 3.05) is 20.3 Å². The van der Waals surface area contributed by atoms with E-state index < -0.39 is 23.8 Å². The van der Waals surface area contributed by atoms with E-state index in [4.69, 9.17) is 9.47 Å². The Labute approximate surface area is 160 Å². The second-order valence-corrected chi connectivity index (χ2v) is 6.86. The summed E-state index contributed by atoms with van der Waals surface area (Å²) in [6, 6.07) is 2.10. The van der Waals surface area contributed by atoms with Crippen molar-refractivity contribution in [3.63, 3.8) is 0 Å². The van der Waals surface area contributed by atoms with Gasteiger partial charge >= 0.3 is 12.1 Å². The third kappa shape index (κ3) is 4.04. The van der Waals surface area contributed by atoms with Crippen molar-refractivity contribution in [3.8, 4) is 0 Å². The maximum atomic E-state index is 12.8. The quantitative estimate of drug-likeness (QED) is 0.730. The predicted octanol–water partition coefficient (Wildman–Crippen LogP) is 3.04. The monoisotopic (exact) mass is 398 g/mol. The maximum absolute atomic E-state index is 12.8. The van der Waals surface area contributed by atoms with Gasteiger partial charge in [0.2, 0.25) is 5.91 Å². The molecule has 0 saturated carbocycles. The number of carbonyl (C=O) groups is 2. The summed E-state index contributed by atoms with van der Waals surface area (Å²) in [6.07, 6.45) is -1.90. The molecule has 2 atom stereocenters. The fourth-order valence-electron chi connectivity index (χ4n) is 3.67. The Morgan fingerprint density at radius 1 is 1.39 bits per heavy atom. The van der Waals surface area contributed by atoms with E-state index >= 15 is 0 Å². The average Bonchev–Trinajstić information content (AvgIpc) is 3.17. The Morgan fingerprint density at radius 2 is 2.14 bits per heavy atom. The normalized spacial score (nSPS) is 23.3. The van der Waals surface area contributed by atoms with Gasteiger partial charge in [0.1, 0.15) is 5.69 Å². The molecular formula is C19H21F3N2O4. The Kier molecular flexibility index (Phi) is 5.74. The van der Waals surface area contributed by atoms with E-state index in [9.17, 15) is 22.8 Å². The van der Waals surface area contributed by atoms with Crippen LogP contribution in [-0.2, 0) is 25.2 Å². The number of hydrogen-bond donors (Lipinski definition) is 0. The number of methoxy groups -OCH3 is 1. The molecule has 1 amide bonds. The molecule has 1 saturated heterocycles. The van der Waals surface area contributed by atoms with E-state index in [2.05, 4.69) is 4.98 Å². The first kappa shape index (κ1) is 20.3. The van der Waals surface area contributed by atoms with Crippen LogP contribution in [0.3, 0.4) is 0 Å². The number of alkyl halides is 3. The smallest absolute Gasteiger partial charge is 0.433 e. The largest absolute Gasteiger partial charge is 0.466 e. The molecule has 28 heavy (non-hydrogen) atoms. The molecule has 6 nitrogen and oxygen atoms in total. The molecule has 3 rings (SSSR count). The lowest BCUT2D eigenvalue weighted by atomic mass is 9.84. The van der Waals surface area contributed by atoms with Gasteiger partial charge in [0.25, 0.3) is 0 Å². The summed E-state index contributed by atoms with van der Waals surface area (Å²) in [5, 5.41) is 0. The second-order valence-electron chi connectivity index (χ2n) is 6.86. The summed E-state index contributed by atoms with van der Waals surface area (Å²) in [4.78, 5) is 30.1. The van der Waals surface area contributed by atoms with Gasteiger partial charge in [-0.1, -0.05) is 6.07 Å². The third-order valence-electron chi connectivity index (χ3n) is 5.12. The zero-order valence-corrected chi connectivity index (χ0v) is 15.6. The molecule has 0 radical (unpaired) electrons. The van der Waals surface area contributed by atoms with E-state index in [1.165, 1.54) is 18.1 Å². The SMILES string of the molecule is COC(=O)C1=C(C)N(C[C@@H]2CCCO2)C(=O)C[C@@H]1c1ccc(C(F)(F)F)nc1. The highest BCUT2D eigenvalue weighted by Gasteiger charge is 2.39. The van der Waals surface area contributed by atoms with Crippen LogP contribution < -0.4 is 0 Å². The van der Waals surface area contributed by atoms with Gasteiger partial charge in [-0.15, -0.1) is 0 Å². The molecule has 1 aromatic rings. The average molecular weight is 398 g/mol. The first-order valence-corrected chi connectivity index (χ1v) is 8.96. The molecule has 0 aliphatic carbocycles. The highest BCUT2D eigenvalue weighted by molar-refractivity contribution is 5.95. The van der Waals surface area contributed by atoms with Gasteiger partial charge in [-0.2, -0.15) is 13.2 Å². The van der Waals surface area contributed by atoms with Crippen LogP contribution in [0.5, 0.6) is 0 Å². The number of allylic oxidation sites excluding steroid dienone is 1. The molecule has 2 aliphatic rings. The van der Waals surface area contributed by atoms with Crippen molar-refractivity contribution >= 4 is 11.9 Å². The van der Waals surface area contributed by atoms with Crippen LogP contribution >= 0.6 is 0 Å². The van der Waals surface area contributed by atoms with Crippen molar-refractivity contribution in [3.05, 3.63) is 40.9 Å². The van der Waals surface area contributed by atoms with Crippen LogP contribution in [0.1, 0.15) is 43.4 Å². The zero-order chi connectivity index (χ0) is 20.5. The summed E-state index contributed by atoms with van der Waals surface area (Å²) < 4.78 is 48.8. The number of amides is 1. The number of nitrogens with zero attached hydrogens (tertiary/aromatic N) is 2. The molecule has 0 spiro atoms. The minimum Gasteiger partial charge on any atom is -0.466 e. The second kappa shape index (κ2) is 7.90. The Bertz CT molecular complexity index is 783. The summed E-state index contributed by atoms with van der Waals surface area (Å²) in [6.45, 7) is 2.62. The molecule has 0 bridgehead atoms. The van der Waals surface area contributed by atoms with Gasteiger partial charge in [0.05, 0.1) is 25.3 Å². The lowest BCUT2D eigenvalue weighted by Gasteiger charge is -2.35. The lowest BCUT2D eigenvalue weighted by molar-refractivity contribution is -0.141. The molecule has 2 aliphatic heterocycles. The third-order valence-corrected chi connectivity index (χ3v) is 5.12. The van der Waals surface area contributed by atoms with E-state index in [0.29, 0.717) is 24.4 Å². The van der Waals surface area contributed by atoms with Crippen LogP contribution in [0, 0.1) is 0 Å². The van der Waals surface area contributed by atoms with Crippen LogP contribution in [-0.4, -0.2) is 48.1 Å². The number of esters is 1. The van der Waals surface area contributed by atoms with Gasteiger partial charge < -0.3 is 14.4 Å². The van der Waals surface area contributed by atoms with Crippen molar-refractivity contribution in [1.82, 2.24) is 9.88 Å². The molecule has 0 aromatic carbocycles. The Hall–Kier alpha value is -2.42. The zero-order valence-electron chi connectivity index (χ0n) is 15.6. The van der Waals surface area contributed by atoms with Gasteiger partial charge in [-0.25, -0.2) is 4.79 Å². The summed E-state index contributed by atoms with van der Waals surface area (Å²) >= 11 is 0. The first-order chi connectivity index (χ1) is 13.2. The van der Waals surface area contributed by atoms with Crippen LogP contribution in [0.25, 0.3) is 0 Å². The number of ether oxygens (including phenoxy) is 2. The van der Waals surface area contributed by atoms with Crippen molar-refractivity contribution in [1.29, 1.82) is 0 Å². The van der Waals surface area contributed by atoms with E-state index in [0.717, 1.165) is 25.1 Å². The highest BCUT2D eigenvalue weighted by atomic mass is 19.4. The first-order valence-electron chi connectivity index (χ1n) is 8.96. The molecule has 3 heterocycles. The van der Waals surface area contributed by atoms with Gasteiger partial charge in [-0.3, -0.25) is 9.78 Å². The Morgan fingerprint density at radius 3 is 2.68 bits per heavy atom. The fourth-order valence-corrected chi connectivity index (χ4v) is 3.67. The fraction of sp³-hybridized carbons (Fsp3) is 0.526. The molecule has 1 aromatic heterocycles. The van der Waals surface area contributed by atoms with Crippen LogP contribution in [0.15, 0.2) is 29.6 Å². The molecule has 0 unspecified atom stereocenters. The minimum atomic E-state index is -4.56. The van der Waals surface area contributed by atoms with Gasteiger partial charge in [0.15, 0.2) is 0 Å². The van der Waals surface area contributed by atoms with Gasteiger partial charge in [0, 0.05) is 30.8 Å². The topological polar surface area (TPSA) is 68.7 Å². The van der Waals surface area contributed by atoms with Crippen molar-refractivity contribution in [2.45, 2.75) is 44.4 Å². The van der Waals surface area contributed by atoms with E-state index in [1.807, 2.05) is 0 Å². The number of rotatable bonds is 4. The van der Waals surface area contributed by atoms with Gasteiger partial charge in [-0.05, 0) is 31.4 Å². The predicted molar refractivity (Wildman–Crippen MR) is 92.0 cm³/mol. The number of pyridine rings is 1. The number of halogens is 3. The Balaban J connectivity index is 1.95. The van der Waals surface area contributed by atoms with Crippen LogP contribution in [0.4, 0.5) is 13.2 Å². The summed E-state index contributed by atoms with van der Waals surface area (Å²) in [7, 11) is 1.23. The van der Waals surface area contributed by atoms with E-state index in [-0.39, 0.29) is 24.0 Å². The number of hydrogen-bond acceptors (Lipinski definition) is 5. The number of carbonyl (C=O) groups excluding carboxylic acids is 2. The molecule has 0 N–H and O–H groups in total. The summed E-state index contributed by atoms with van der Waals surface area (Å²) in [5.74, 6) is -1.55. The summed E-state index contributed by atoms with van der Waals surface area (Å²) in [5.41, 5.74) is 0.0155. The molecule has 152 valence electrons. The van der Waals surface area contributed by atoms with Crippen molar-refractivity contribution < 1.29 is 32.2 Å².